The monoisotopic (exact) mass is 237 g/mol. The number of H-pyrrole nitrogens is 1. The molecule has 0 saturated heterocycles. The predicted molar refractivity (Wildman–Crippen MR) is 64.4 cm³/mol. The summed E-state index contributed by atoms with van der Waals surface area (Å²) < 4.78 is 0. The smallest absolute Gasteiger partial charge is 0.144 e. The van der Waals surface area contributed by atoms with Gasteiger partial charge >= 0.3 is 0 Å². The molecule has 0 unspecified atom stereocenters. The fourth-order valence-corrected chi connectivity index (χ4v) is 1.56. The number of aromatic amines is 1. The number of nitrogens with zero attached hydrogens (tertiary/aromatic N) is 2. The summed E-state index contributed by atoms with van der Waals surface area (Å²) in [4.78, 5) is 11.2. The number of pyridine rings is 1. The molecule has 0 radical (unpaired) electrons. The summed E-state index contributed by atoms with van der Waals surface area (Å²) in [6.45, 7) is 0.712. The number of anilines is 2. The molecule has 2 aromatic heterocycles. The van der Waals surface area contributed by atoms with E-state index in [1.165, 1.54) is 0 Å². The normalized spacial score (nSPS) is 10.3. The molecule has 0 spiro atoms. The van der Waals surface area contributed by atoms with E-state index >= 15 is 0 Å². The molecule has 84 valence electrons. The fraction of sp³-hybridized carbons (Fsp3) is 0.200. The lowest BCUT2D eigenvalue weighted by molar-refractivity contribution is 0.922. The average molecular weight is 238 g/mol. The first-order chi connectivity index (χ1) is 7.75. The van der Waals surface area contributed by atoms with Crippen molar-refractivity contribution in [1.82, 2.24) is 15.0 Å². The molecular formula is C10H12ClN5. The molecule has 4 N–H and O–H groups in total. The van der Waals surface area contributed by atoms with Crippen molar-refractivity contribution < 1.29 is 0 Å². The highest BCUT2D eigenvalue weighted by molar-refractivity contribution is 6.33. The summed E-state index contributed by atoms with van der Waals surface area (Å²) in [6, 6.07) is 1.67. The van der Waals surface area contributed by atoms with Crippen molar-refractivity contribution in [3.8, 4) is 0 Å². The maximum Gasteiger partial charge on any atom is 0.144 e. The van der Waals surface area contributed by atoms with Crippen LogP contribution in [-0.2, 0) is 6.42 Å². The SMILES string of the molecule is Nc1cnc(NCCc2ncc[nH]2)c(Cl)c1. The van der Waals surface area contributed by atoms with Crippen LogP contribution in [0.4, 0.5) is 11.5 Å². The molecule has 0 bridgehead atoms. The van der Waals surface area contributed by atoms with Crippen molar-refractivity contribution in [3.05, 3.63) is 35.5 Å². The largest absolute Gasteiger partial charge is 0.397 e. The van der Waals surface area contributed by atoms with Crippen LogP contribution in [0.15, 0.2) is 24.7 Å². The minimum absolute atomic E-state index is 0.527. The molecule has 0 amide bonds. The quantitative estimate of drug-likeness (QED) is 0.756. The van der Waals surface area contributed by atoms with Gasteiger partial charge < -0.3 is 16.0 Å². The second kappa shape index (κ2) is 4.85. The molecule has 6 heteroatoms. The Bertz CT molecular complexity index is 454. The summed E-state index contributed by atoms with van der Waals surface area (Å²) in [5, 5.41) is 3.65. The van der Waals surface area contributed by atoms with E-state index in [1.807, 2.05) is 0 Å². The highest BCUT2D eigenvalue weighted by atomic mass is 35.5. The zero-order valence-electron chi connectivity index (χ0n) is 8.57. The maximum absolute atomic E-state index is 5.96. The molecule has 0 saturated carbocycles. The van der Waals surface area contributed by atoms with E-state index in [4.69, 9.17) is 17.3 Å². The first-order valence-corrected chi connectivity index (χ1v) is 5.26. The molecule has 0 aliphatic heterocycles. The van der Waals surface area contributed by atoms with Crippen molar-refractivity contribution in [3.63, 3.8) is 0 Å². The van der Waals surface area contributed by atoms with Crippen molar-refractivity contribution in [2.45, 2.75) is 6.42 Å². The molecule has 0 aliphatic rings. The van der Waals surface area contributed by atoms with Crippen molar-refractivity contribution in [2.75, 3.05) is 17.6 Å². The number of rotatable bonds is 4. The van der Waals surface area contributed by atoms with Crippen LogP contribution < -0.4 is 11.1 Å². The maximum atomic E-state index is 5.96. The van der Waals surface area contributed by atoms with E-state index in [0.717, 1.165) is 12.2 Å². The van der Waals surface area contributed by atoms with Crippen LogP contribution in [0.5, 0.6) is 0 Å². The van der Waals surface area contributed by atoms with Crippen molar-refractivity contribution >= 4 is 23.1 Å². The lowest BCUT2D eigenvalue weighted by Crippen LogP contribution is -2.07. The number of nitrogens with two attached hydrogens (primary N) is 1. The third-order valence-electron chi connectivity index (χ3n) is 2.07. The molecule has 2 heterocycles. The Balaban J connectivity index is 1.90. The third kappa shape index (κ3) is 2.64. The van der Waals surface area contributed by atoms with Gasteiger partial charge in [0.15, 0.2) is 0 Å². The summed E-state index contributed by atoms with van der Waals surface area (Å²) >= 11 is 5.96. The van der Waals surface area contributed by atoms with E-state index in [-0.39, 0.29) is 0 Å². The van der Waals surface area contributed by atoms with Gasteiger partial charge in [-0.1, -0.05) is 11.6 Å². The van der Waals surface area contributed by atoms with Crippen LogP contribution in [-0.4, -0.2) is 21.5 Å². The Morgan fingerprint density at radius 1 is 1.44 bits per heavy atom. The van der Waals surface area contributed by atoms with Gasteiger partial charge in [0.2, 0.25) is 0 Å². The van der Waals surface area contributed by atoms with Gasteiger partial charge in [-0.15, -0.1) is 0 Å². The molecule has 2 aromatic rings. The number of nitrogen functional groups attached to an aromatic ring is 1. The lowest BCUT2D eigenvalue weighted by atomic mass is 10.3. The van der Waals surface area contributed by atoms with Gasteiger partial charge in [0.25, 0.3) is 0 Å². The molecule has 5 nitrogen and oxygen atoms in total. The van der Waals surface area contributed by atoms with Gasteiger partial charge in [0, 0.05) is 25.4 Å². The van der Waals surface area contributed by atoms with Gasteiger partial charge in [-0.05, 0) is 6.07 Å². The van der Waals surface area contributed by atoms with Gasteiger partial charge in [0.1, 0.15) is 11.6 Å². The van der Waals surface area contributed by atoms with E-state index in [9.17, 15) is 0 Å². The highest BCUT2D eigenvalue weighted by Gasteiger charge is 2.02. The standard InChI is InChI=1S/C10H12ClN5/c11-8-5-7(12)6-16-10(8)15-2-1-9-13-3-4-14-9/h3-6H,1-2,12H2,(H,13,14)(H,15,16). The Labute approximate surface area is 98.1 Å². The molecule has 2 rings (SSSR count). The Hall–Kier alpha value is -1.75. The van der Waals surface area contributed by atoms with Gasteiger partial charge in [-0.2, -0.15) is 0 Å². The van der Waals surface area contributed by atoms with E-state index < -0.39 is 0 Å². The summed E-state index contributed by atoms with van der Waals surface area (Å²) in [6.07, 6.45) is 5.88. The van der Waals surface area contributed by atoms with E-state index in [1.54, 1.807) is 24.7 Å². The number of imidazole rings is 1. The molecule has 0 aromatic carbocycles. The van der Waals surface area contributed by atoms with E-state index in [2.05, 4.69) is 20.3 Å². The van der Waals surface area contributed by atoms with Gasteiger partial charge in [-0.3, -0.25) is 0 Å². The number of halogens is 1. The fourth-order valence-electron chi connectivity index (χ4n) is 1.32. The van der Waals surface area contributed by atoms with Crippen LogP contribution in [0.25, 0.3) is 0 Å². The molecule has 0 fully saturated rings. The minimum atomic E-state index is 0.527. The predicted octanol–water partition coefficient (Wildman–Crippen LogP) is 1.69. The van der Waals surface area contributed by atoms with Crippen LogP contribution in [0.3, 0.4) is 0 Å². The van der Waals surface area contributed by atoms with Gasteiger partial charge in [0.05, 0.1) is 16.9 Å². The van der Waals surface area contributed by atoms with Crippen LogP contribution >= 0.6 is 11.6 Å². The van der Waals surface area contributed by atoms with Crippen LogP contribution in [0.1, 0.15) is 5.82 Å². The molecule has 0 atom stereocenters. The summed E-state index contributed by atoms with van der Waals surface area (Å²) in [5.41, 5.74) is 6.10. The zero-order valence-corrected chi connectivity index (χ0v) is 9.33. The minimum Gasteiger partial charge on any atom is -0.397 e. The first-order valence-electron chi connectivity index (χ1n) is 4.89. The average Bonchev–Trinajstić information content (AvgIpc) is 2.74. The Morgan fingerprint density at radius 3 is 3.00 bits per heavy atom. The topological polar surface area (TPSA) is 79.6 Å². The molecule has 0 aliphatic carbocycles. The molecular weight excluding hydrogens is 226 g/mol. The third-order valence-corrected chi connectivity index (χ3v) is 2.36. The van der Waals surface area contributed by atoms with Crippen LogP contribution in [0, 0.1) is 0 Å². The zero-order chi connectivity index (χ0) is 11.4. The second-order valence-electron chi connectivity index (χ2n) is 3.31. The summed E-state index contributed by atoms with van der Waals surface area (Å²) in [7, 11) is 0. The lowest BCUT2D eigenvalue weighted by Gasteiger charge is -2.06. The summed E-state index contributed by atoms with van der Waals surface area (Å²) in [5.74, 6) is 1.57. The number of nitrogens with one attached hydrogen (secondary N) is 2. The molecule has 16 heavy (non-hydrogen) atoms. The number of hydrogen-bond donors (Lipinski definition) is 3. The first kappa shape index (κ1) is 10.8. The number of hydrogen-bond acceptors (Lipinski definition) is 4. The van der Waals surface area contributed by atoms with Crippen molar-refractivity contribution in [1.29, 1.82) is 0 Å². The second-order valence-corrected chi connectivity index (χ2v) is 3.72. The van der Waals surface area contributed by atoms with Gasteiger partial charge in [-0.25, -0.2) is 9.97 Å². The highest BCUT2D eigenvalue weighted by Crippen LogP contribution is 2.20. The van der Waals surface area contributed by atoms with Crippen molar-refractivity contribution in [2.24, 2.45) is 0 Å². The van der Waals surface area contributed by atoms with E-state index in [0.29, 0.717) is 23.1 Å². The Morgan fingerprint density at radius 2 is 2.31 bits per heavy atom. The number of aromatic nitrogens is 3. The Kier molecular flexibility index (Phi) is 3.26. The van der Waals surface area contributed by atoms with Crippen LogP contribution in [0.2, 0.25) is 5.02 Å².